The first kappa shape index (κ1) is 22.3. The van der Waals surface area contributed by atoms with Crippen molar-refractivity contribution >= 4 is 44.4 Å². The number of anilines is 1. The van der Waals surface area contributed by atoms with Gasteiger partial charge < -0.3 is 4.74 Å². The Morgan fingerprint density at radius 3 is 2.78 bits per heavy atom. The number of carbonyl (C=O) groups is 1. The third-order valence-corrected chi connectivity index (χ3v) is 6.69. The number of rotatable bonds is 8. The summed E-state index contributed by atoms with van der Waals surface area (Å²) in [5.74, 6) is 0.725. The largest absolute Gasteiger partial charge is 0.494 e. The van der Waals surface area contributed by atoms with E-state index >= 15 is 0 Å². The van der Waals surface area contributed by atoms with Crippen LogP contribution in [0, 0.1) is 0 Å². The summed E-state index contributed by atoms with van der Waals surface area (Å²) in [5.41, 5.74) is 2.44. The SMILES string of the molecule is CCOc1ccc2nc(N(Cc3cccnc3)C(=O)c3cccc(SC(C)C)c3)sc2c1. The van der Waals surface area contributed by atoms with Crippen molar-refractivity contribution in [1.82, 2.24) is 9.97 Å². The fourth-order valence-corrected chi connectivity index (χ4v) is 5.18. The molecule has 2 aromatic heterocycles. The molecule has 32 heavy (non-hydrogen) atoms. The van der Waals surface area contributed by atoms with Gasteiger partial charge in [0.1, 0.15) is 5.75 Å². The fraction of sp³-hybridized carbons (Fsp3) is 0.240. The van der Waals surface area contributed by atoms with E-state index in [-0.39, 0.29) is 5.91 Å². The summed E-state index contributed by atoms with van der Waals surface area (Å²) < 4.78 is 6.61. The number of aromatic nitrogens is 2. The Labute approximate surface area is 196 Å². The maximum absolute atomic E-state index is 13.7. The van der Waals surface area contributed by atoms with Gasteiger partial charge in [0.2, 0.25) is 0 Å². The molecule has 164 valence electrons. The Morgan fingerprint density at radius 2 is 2.03 bits per heavy atom. The fourth-order valence-electron chi connectivity index (χ4n) is 3.30. The van der Waals surface area contributed by atoms with Crippen molar-refractivity contribution in [3.63, 3.8) is 0 Å². The molecule has 0 radical (unpaired) electrons. The van der Waals surface area contributed by atoms with Crippen LogP contribution in [0.3, 0.4) is 0 Å². The van der Waals surface area contributed by atoms with Crippen molar-refractivity contribution in [2.24, 2.45) is 0 Å². The van der Waals surface area contributed by atoms with Crippen molar-refractivity contribution in [1.29, 1.82) is 0 Å². The summed E-state index contributed by atoms with van der Waals surface area (Å²) in [6.07, 6.45) is 3.51. The molecule has 0 unspecified atom stereocenters. The lowest BCUT2D eigenvalue weighted by Gasteiger charge is -2.20. The van der Waals surface area contributed by atoms with Crippen LogP contribution in [-0.4, -0.2) is 27.7 Å². The molecule has 0 bridgehead atoms. The first-order valence-corrected chi connectivity index (χ1v) is 12.2. The Balaban J connectivity index is 1.72. The van der Waals surface area contributed by atoms with Gasteiger partial charge in [-0.25, -0.2) is 4.98 Å². The quantitative estimate of drug-likeness (QED) is 0.282. The monoisotopic (exact) mass is 463 g/mol. The van der Waals surface area contributed by atoms with Crippen LogP contribution < -0.4 is 9.64 Å². The summed E-state index contributed by atoms with van der Waals surface area (Å²) in [6.45, 7) is 7.25. The summed E-state index contributed by atoms with van der Waals surface area (Å²) in [4.78, 5) is 25.5. The highest BCUT2D eigenvalue weighted by Gasteiger charge is 2.22. The molecule has 0 spiro atoms. The molecule has 5 nitrogen and oxygen atoms in total. The van der Waals surface area contributed by atoms with Crippen LogP contribution in [0.25, 0.3) is 10.2 Å². The van der Waals surface area contributed by atoms with Crippen molar-refractivity contribution < 1.29 is 9.53 Å². The van der Waals surface area contributed by atoms with Crippen molar-refractivity contribution in [3.05, 3.63) is 78.1 Å². The average molecular weight is 464 g/mol. The molecule has 2 heterocycles. The highest BCUT2D eigenvalue weighted by Crippen LogP contribution is 2.33. The lowest BCUT2D eigenvalue weighted by Crippen LogP contribution is -2.30. The smallest absolute Gasteiger partial charge is 0.260 e. The van der Waals surface area contributed by atoms with Crippen LogP contribution in [0.5, 0.6) is 5.75 Å². The zero-order valence-electron chi connectivity index (χ0n) is 18.3. The Kier molecular flexibility index (Phi) is 7.07. The molecule has 0 saturated heterocycles. The van der Waals surface area contributed by atoms with Crippen LogP contribution in [0.4, 0.5) is 5.13 Å². The molecule has 0 aliphatic rings. The van der Waals surface area contributed by atoms with Gasteiger partial charge in [-0.2, -0.15) is 0 Å². The molecule has 0 fully saturated rings. The van der Waals surface area contributed by atoms with Crippen molar-refractivity contribution in [3.8, 4) is 5.75 Å². The number of benzene rings is 2. The molecule has 4 rings (SSSR count). The van der Waals surface area contributed by atoms with Crippen LogP contribution in [0.2, 0.25) is 0 Å². The van der Waals surface area contributed by atoms with Crippen LogP contribution >= 0.6 is 23.1 Å². The van der Waals surface area contributed by atoms with E-state index in [1.807, 2.05) is 61.5 Å². The number of fused-ring (bicyclic) bond motifs is 1. The maximum atomic E-state index is 13.7. The number of hydrogen-bond donors (Lipinski definition) is 0. The third kappa shape index (κ3) is 5.29. The number of ether oxygens (including phenoxy) is 1. The standard InChI is InChI=1S/C25H25N3O2S2/c1-4-30-20-10-11-22-23(14-20)32-25(27-22)28(16-18-7-6-12-26-15-18)24(29)19-8-5-9-21(13-19)31-17(2)3/h5-15,17H,4,16H2,1-3H3. The molecule has 0 aliphatic carbocycles. The minimum absolute atomic E-state index is 0.0795. The Hall–Kier alpha value is -2.90. The van der Waals surface area contributed by atoms with E-state index in [9.17, 15) is 4.79 Å². The van der Waals surface area contributed by atoms with E-state index in [1.54, 1.807) is 29.1 Å². The van der Waals surface area contributed by atoms with Gasteiger partial charge in [0.25, 0.3) is 5.91 Å². The molecule has 0 atom stereocenters. The number of nitrogens with zero attached hydrogens (tertiary/aromatic N) is 3. The highest BCUT2D eigenvalue weighted by molar-refractivity contribution is 7.99. The Bertz CT molecular complexity index is 1210. The van der Waals surface area contributed by atoms with Gasteiger partial charge in [-0.1, -0.05) is 37.3 Å². The first-order valence-electron chi connectivity index (χ1n) is 10.5. The number of pyridine rings is 1. The minimum Gasteiger partial charge on any atom is -0.494 e. The molecule has 0 aliphatic heterocycles. The number of hydrogen-bond acceptors (Lipinski definition) is 6. The number of thiazole rings is 1. The zero-order chi connectivity index (χ0) is 22.5. The lowest BCUT2D eigenvalue weighted by atomic mass is 10.2. The van der Waals surface area contributed by atoms with Gasteiger partial charge in [0, 0.05) is 28.1 Å². The zero-order valence-corrected chi connectivity index (χ0v) is 20.0. The molecule has 2 aromatic carbocycles. The predicted molar refractivity (Wildman–Crippen MR) is 133 cm³/mol. The number of amides is 1. The molecule has 7 heteroatoms. The molecule has 0 N–H and O–H groups in total. The first-order chi connectivity index (χ1) is 15.5. The van der Waals surface area contributed by atoms with E-state index in [4.69, 9.17) is 9.72 Å². The summed E-state index contributed by atoms with van der Waals surface area (Å²) in [6, 6.07) is 17.5. The van der Waals surface area contributed by atoms with Crippen LogP contribution in [0.15, 0.2) is 71.9 Å². The van der Waals surface area contributed by atoms with Gasteiger partial charge in [-0.15, -0.1) is 11.8 Å². The highest BCUT2D eigenvalue weighted by atomic mass is 32.2. The molecular weight excluding hydrogens is 438 g/mol. The Morgan fingerprint density at radius 1 is 1.16 bits per heavy atom. The van der Waals surface area contributed by atoms with Gasteiger partial charge in [-0.3, -0.25) is 14.7 Å². The molecule has 1 amide bonds. The van der Waals surface area contributed by atoms with Gasteiger partial charge in [-0.05, 0) is 55.0 Å². The third-order valence-electron chi connectivity index (χ3n) is 4.65. The number of carbonyl (C=O) groups excluding carboxylic acids is 1. The van der Waals surface area contributed by atoms with E-state index in [0.717, 1.165) is 26.4 Å². The van der Waals surface area contributed by atoms with E-state index in [2.05, 4.69) is 18.8 Å². The second-order valence-electron chi connectivity index (χ2n) is 7.51. The van der Waals surface area contributed by atoms with E-state index in [0.29, 0.717) is 29.1 Å². The normalized spacial score (nSPS) is 11.1. The van der Waals surface area contributed by atoms with E-state index < -0.39 is 0 Å². The topological polar surface area (TPSA) is 55.3 Å². The average Bonchev–Trinajstić information content (AvgIpc) is 3.21. The van der Waals surface area contributed by atoms with Gasteiger partial charge in [0.15, 0.2) is 5.13 Å². The van der Waals surface area contributed by atoms with Gasteiger partial charge >= 0.3 is 0 Å². The second kappa shape index (κ2) is 10.1. The van der Waals surface area contributed by atoms with E-state index in [1.165, 1.54) is 11.3 Å². The molecule has 0 saturated carbocycles. The van der Waals surface area contributed by atoms with Gasteiger partial charge in [0.05, 0.1) is 23.4 Å². The summed E-state index contributed by atoms with van der Waals surface area (Å²) in [7, 11) is 0. The van der Waals surface area contributed by atoms with Crippen LogP contribution in [-0.2, 0) is 6.54 Å². The minimum atomic E-state index is -0.0795. The molecule has 4 aromatic rings. The molecular formula is C25H25N3O2S2. The second-order valence-corrected chi connectivity index (χ2v) is 10.2. The predicted octanol–water partition coefficient (Wildman–Crippen LogP) is 6.44. The summed E-state index contributed by atoms with van der Waals surface area (Å²) in [5, 5.41) is 1.10. The van der Waals surface area contributed by atoms with Crippen molar-refractivity contribution in [2.45, 2.75) is 37.5 Å². The maximum Gasteiger partial charge on any atom is 0.260 e. The van der Waals surface area contributed by atoms with Crippen molar-refractivity contribution in [2.75, 3.05) is 11.5 Å². The lowest BCUT2D eigenvalue weighted by molar-refractivity contribution is 0.0985. The summed E-state index contributed by atoms with van der Waals surface area (Å²) >= 11 is 3.23. The number of thioether (sulfide) groups is 1. The van der Waals surface area contributed by atoms with Crippen LogP contribution in [0.1, 0.15) is 36.7 Å².